The van der Waals surface area contributed by atoms with Gasteiger partial charge in [0.2, 0.25) is 5.91 Å². The SMILES string of the molecule is CC1(C(=O)O)CCCN(C(=O)CC2(N)CCCC2)C1. The molecule has 1 saturated carbocycles. The number of piperidine rings is 1. The Hall–Kier alpha value is -1.10. The molecule has 5 nitrogen and oxygen atoms in total. The first-order chi connectivity index (χ1) is 8.85. The second kappa shape index (κ2) is 5.12. The molecule has 0 aromatic rings. The van der Waals surface area contributed by atoms with Gasteiger partial charge in [0.15, 0.2) is 0 Å². The van der Waals surface area contributed by atoms with Gasteiger partial charge in [-0.3, -0.25) is 9.59 Å². The molecule has 5 heteroatoms. The van der Waals surface area contributed by atoms with E-state index in [2.05, 4.69) is 0 Å². The molecular weight excluding hydrogens is 244 g/mol. The first-order valence-corrected chi connectivity index (χ1v) is 7.15. The lowest BCUT2D eigenvalue weighted by atomic mass is 9.81. The zero-order chi connectivity index (χ0) is 14.1. The van der Waals surface area contributed by atoms with Crippen LogP contribution in [0.15, 0.2) is 0 Å². The van der Waals surface area contributed by atoms with Gasteiger partial charge >= 0.3 is 5.97 Å². The fourth-order valence-corrected chi connectivity index (χ4v) is 3.30. The highest BCUT2D eigenvalue weighted by Crippen LogP contribution is 2.33. The standard InChI is InChI=1S/C14H24N2O3/c1-13(12(18)19)5-4-8-16(10-13)11(17)9-14(15)6-2-3-7-14/h2-10,15H2,1H3,(H,18,19). The lowest BCUT2D eigenvalue weighted by Crippen LogP contribution is -2.51. The lowest BCUT2D eigenvalue weighted by molar-refractivity contribution is -0.153. The molecule has 1 heterocycles. The number of carbonyl (C=O) groups excluding carboxylic acids is 1. The van der Waals surface area contributed by atoms with E-state index in [1.807, 2.05) is 0 Å². The molecule has 1 aliphatic heterocycles. The molecule has 19 heavy (non-hydrogen) atoms. The highest BCUT2D eigenvalue weighted by atomic mass is 16.4. The first kappa shape index (κ1) is 14.3. The Labute approximate surface area is 114 Å². The third-order valence-electron chi connectivity index (χ3n) is 4.67. The fourth-order valence-electron chi connectivity index (χ4n) is 3.30. The lowest BCUT2D eigenvalue weighted by Gasteiger charge is -2.38. The maximum atomic E-state index is 12.3. The summed E-state index contributed by atoms with van der Waals surface area (Å²) in [6.07, 6.45) is 5.76. The summed E-state index contributed by atoms with van der Waals surface area (Å²) in [6, 6.07) is 0. The summed E-state index contributed by atoms with van der Waals surface area (Å²) < 4.78 is 0. The van der Waals surface area contributed by atoms with Crippen molar-refractivity contribution < 1.29 is 14.7 Å². The molecule has 0 spiro atoms. The Morgan fingerprint density at radius 3 is 2.42 bits per heavy atom. The van der Waals surface area contributed by atoms with Crippen LogP contribution in [-0.2, 0) is 9.59 Å². The normalized spacial score (nSPS) is 30.3. The van der Waals surface area contributed by atoms with E-state index in [-0.39, 0.29) is 11.4 Å². The van der Waals surface area contributed by atoms with Crippen LogP contribution in [0, 0.1) is 5.41 Å². The van der Waals surface area contributed by atoms with Crippen LogP contribution in [0.1, 0.15) is 51.9 Å². The molecule has 2 fully saturated rings. The number of carbonyl (C=O) groups is 2. The van der Waals surface area contributed by atoms with Crippen LogP contribution in [0.4, 0.5) is 0 Å². The van der Waals surface area contributed by atoms with Crippen molar-refractivity contribution in [3.8, 4) is 0 Å². The van der Waals surface area contributed by atoms with Crippen molar-refractivity contribution in [1.29, 1.82) is 0 Å². The monoisotopic (exact) mass is 268 g/mol. The van der Waals surface area contributed by atoms with E-state index >= 15 is 0 Å². The first-order valence-electron chi connectivity index (χ1n) is 7.15. The second-order valence-corrected chi connectivity index (χ2v) is 6.53. The Morgan fingerprint density at radius 2 is 1.84 bits per heavy atom. The minimum atomic E-state index is -0.812. The summed E-state index contributed by atoms with van der Waals surface area (Å²) in [5.74, 6) is -0.787. The minimum absolute atomic E-state index is 0.0246. The van der Waals surface area contributed by atoms with Crippen molar-refractivity contribution in [1.82, 2.24) is 4.90 Å². The zero-order valence-electron chi connectivity index (χ0n) is 11.7. The highest BCUT2D eigenvalue weighted by Gasteiger charge is 2.41. The van der Waals surface area contributed by atoms with Crippen molar-refractivity contribution in [2.45, 2.75) is 57.4 Å². The summed E-state index contributed by atoms with van der Waals surface area (Å²) >= 11 is 0. The largest absolute Gasteiger partial charge is 0.481 e. The van der Waals surface area contributed by atoms with Crippen LogP contribution in [-0.4, -0.2) is 40.5 Å². The van der Waals surface area contributed by atoms with E-state index in [0.717, 1.165) is 32.1 Å². The maximum Gasteiger partial charge on any atom is 0.311 e. The van der Waals surface area contributed by atoms with Crippen molar-refractivity contribution >= 4 is 11.9 Å². The summed E-state index contributed by atoms with van der Waals surface area (Å²) in [4.78, 5) is 25.3. The molecule has 1 amide bonds. The van der Waals surface area contributed by atoms with Crippen molar-refractivity contribution in [2.24, 2.45) is 11.1 Å². The van der Waals surface area contributed by atoms with E-state index in [1.165, 1.54) is 0 Å². The van der Waals surface area contributed by atoms with Gasteiger partial charge in [-0.05, 0) is 32.6 Å². The van der Waals surface area contributed by atoms with Gasteiger partial charge in [0.05, 0.1) is 5.41 Å². The molecule has 0 aromatic heterocycles. The van der Waals surface area contributed by atoms with Gasteiger partial charge in [-0.25, -0.2) is 0 Å². The topological polar surface area (TPSA) is 83.6 Å². The van der Waals surface area contributed by atoms with Crippen LogP contribution in [0.25, 0.3) is 0 Å². The fraction of sp³-hybridized carbons (Fsp3) is 0.857. The van der Waals surface area contributed by atoms with E-state index in [4.69, 9.17) is 5.73 Å². The molecule has 1 aliphatic carbocycles. The third-order valence-corrected chi connectivity index (χ3v) is 4.67. The third kappa shape index (κ3) is 3.08. The van der Waals surface area contributed by atoms with Gasteiger partial charge in [0, 0.05) is 25.0 Å². The number of nitrogens with zero attached hydrogens (tertiary/aromatic N) is 1. The average molecular weight is 268 g/mol. The number of hydrogen-bond acceptors (Lipinski definition) is 3. The molecule has 3 N–H and O–H groups in total. The maximum absolute atomic E-state index is 12.3. The van der Waals surface area contributed by atoms with Gasteiger partial charge < -0.3 is 15.7 Å². The Bertz CT molecular complexity index is 377. The number of carboxylic acid groups (broad SMARTS) is 1. The van der Waals surface area contributed by atoms with Gasteiger partial charge in [-0.15, -0.1) is 0 Å². The quantitative estimate of drug-likeness (QED) is 0.809. The number of likely N-dealkylation sites (tertiary alicyclic amines) is 1. The zero-order valence-corrected chi connectivity index (χ0v) is 11.7. The van der Waals surface area contributed by atoms with Crippen molar-refractivity contribution in [3.63, 3.8) is 0 Å². The summed E-state index contributed by atoms with van der Waals surface area (Å²) in [5.41, 5.74) is 5.08. The van der Waals surface area contributed by atoms with Gasteiger partial charge in [-0.2, -0.15) is 0 Å². The molecule has 1 unspecified atom stereocenters. The molecule has 2 aliphatic rings. The number of nitrogens with two attached hydrogens (primary N) is 1. The smallest absolute Gasteiger partial charge is 0.311 e. The molecule has 108 valence electrons. The van der Waals surface area contributed by atoms with Gasteiger partial charge in [0.1, 0.15) is 0 Å². The van der Waals surface area contributed by atoms with E-state index in [1.54, 1.807) is 11.8 Å². The molecule has 1 saturated heterocycles. The number of carboxylic acids is 1. The van der Waals surface area contributed by atoms with E-state index in [9.17, 15) is 14.7 Å². The molecule has 2 rings (SSSR count). The Balaban J connectivity index is 1.97. The van der Waals surface area contributed by atoms with Gasteiger partial charge in [-0.1, -0.05) is 12.8 Å². The van der Waals surface area contributed by atoms with E-state index < -0.39 is 11.4 Å². The minimum Gasteiger partial charge on any atom is -0.481 e. The molecular formula is C14H24N2O3. The molecule has 1 atom stereocenters. The summed E-state index contributed by atoms with van der Waals surface area (Å²) in [5, 5.41) is 9.27. The highest BCUT2D eigenvalue weighted by molar-refractivity contribution is 5.80. The van der Waals surface area contributed by atoms with Crippen LogP contribution in [0.5, 0.6) is 0 Å². The predicted octanol–water partition coefficient (Wildman–Crippen LogP) is 1.36. The van der Waals surface area contributed by atoms with Crippen LogP contribution >= 0.6 is 0 Å². The number of hydrogen-bond donors (Lipinski definition) is 2. The second-order valence-electron chi connectivity index (χ2n) is 6.53. The molecule has 0 bridgehead atoms. The Morgan fingerprint density at radius 1 is 1.21 bits per heavy atom. The van der Waals surface area contributed by atoms with Crippen LogP contribution in [0.2, 0.25) is 0 Å². The predicted molar refractivity (Wildman–Crippen MR) is 71.6 cm³/mol. The molecule has 0 aromatic carbocycles. The number of amides is 1. The van der Waals surface area contributed by atoms with Crippen LogP contribution < -0.4 is 5.73 Å². The molecule has 0 radical (unpaired) electrons. The van der Waals surface area contributed by atoms with Crippen LogP contribution in [0.3, 0.4) is 0 Å². The Kier molecular flexibility index (Phi) is 3.85. The average Bonchev–Trinajstić information content (AvgIpc) is 2.75. The van der Waals surface area contributed by atoms with Crippen molar-refractivity contribution in [3.05, 3.63) is 0 Å². The van der Waals surface area contributed by atoms with Gasteiger partial charge in [0.25, 0.3) is 0 Å². The van der Waals surface area contributed by atoms with Crippen molar-refractivity contribution in [2.75, 3.05) is 13.1 Å². The summed E-state index contributed by atoms with van der Waals surface area (Å²) in [6.45, 7) is 2.71. The number of rotatable bonds is 3. The summed E-state index contributed by atoms with van der Waals surface area (Å²) in [7, 11) is 0. The number of aliphatic carboxylic acids is 1. The van der Waals surface area contributed by atoms with E-state index in [0.29, 0.717) is 25.9 Å².